The minimum absolute atomic E-state index is 0.205. The Hall–Kier alpha value is -2.43. The van der Waals surface area contributed by atoms with Gasteiger partial charge < -0.3 is 10.1 Å². The van der Waals surface area contributed by atoms with E-state index in [1.807, 2.05) is 0 Å². The highest BCUT2D eigenvalue weighted by Gasteiger charge is 2.50. The molecule has 2 N–H and O–H groups in total. The molecule has 4 fully saturated rings. The Kier molecular flexibility index (Phi) is 6.53. The SMILES string of the molecule is CC(F)(F)c1ccc(NS(=O)(=O)N2CC(OC(F)F)C2)c(C(=O)NC23CCC(C#N)(CC2)CC3)c1. The predicted molar refractivity (Wildman–Crippen MR) is 117 cm³/mol. The van der Waals surface area contributed by atoms with E-state index < -0.39 is 45.9 Å². The standard InChI is InChI=1S/C22H26F4N4O4S/c1-20(25,26)14-2-3-17(29-35(32,33)30-11-15(12-30)34-19(23)24)16(10-14)18(31)28-22-7-4-21(13-27,5-8-22)6-9-22/h2-3,10,15,19,29H,4-9,11-12H2,1H3,(H,28,31). The van der Waals surface area contributed by atoms with Gasteiger partial charge in [0.2, 0.25) is 0 Å². The largest absolute Gasteiger partial charge is 0.347 e. The summed E-state index contributed by atoms with van der Waals surface area (Å²) in [7, 11) is -4.25. The molecule has 192 valence electrons. The van der Waals surface area contributed by atoms with Crippen LogP contribution in [0.2, 0.25) is 0 Å². The number of nitriles is 1. The summed E-state index contributed by atoms with van der Waals surface area (Å²) in [4.78, 5) is 13.3. The molecule has 1 saturated heterocycles. The second-order valence-electron chi connectivity index (χ2n) is 9.72. The fourth-order valence-electron chi connectivity index (χ4n) is 4.98. The van der Waals surface area contributed by atoms with Crippen LogP contribution in [0.25, 0.3) is 0 Å². The van der Waals surface area contributed by atoms with Crippen LogP contribution in [0.4, 0.5) is 23.2 Å². The fraction of sp³-hybridized carbons (Fsp3) is 0.636. The summed E-state index contributed by atoms with van der Waals surface area (Å²) in [6.07, 6.45) is 2.59. The van der Waals surface area contributed by atoms with E-state index >= 15 is 0 Å². The molecule has 13 heteroatoms. The van der Waals surface area contributed by atoms with Crippen molar-refractivity contribution in [1.29, 1.82) is 5.26 Å². The average Bonchev–Trinajstić information content (AvgIpc) is 2.76. The Labute approximate surface area is 200 Å². The van der Waals surface area contributed by atoms with Crippen LogP contribution in [0.15, 0.2) is 18.2 Å². The van der Waals surface area contributed by atoms with Crippen LogP contribution in [0.3, 0.4) is 0 Å². The van der Waals surface area contributed by atoms with E-state index in [2.05, 4.69) is 20.8 Å². The monoisotopic (exact) mass is 518 g/mol. The molecule has 5 rings (SSSR count). The maximum atomic E-state index is 14.0. The minimum Gasteiger partial charge on any atom is -0.347 e. The van der Waals surface area contributed by atoms with Crippen LogP contribution in [-0.4, -0.2) is 50.0 Å². The van der Waals surface area contributed by atoms with Crippen LogP contribution in [0.1, 0.15) is 61.4 Å². The zero-order chi connectivity index (χ0) is 25.6. The van der Waals surface area contributed by atoms with Crippen LogP contribution >= 0.6 is 0 Å². The first-order chi connectivity index (χ1) is 16.3. The van der Waals surface area contributed by atoms with E-state index in [4.69, 9.17) is 0 Å². The van der Waals surface area contributed by atoms with E-state index in [0.717, 1.165) is 22.5 Å². The molecule has 1 aromatic rings. The number of amides is 1. The third-order valence-corrected chi connectivity index (χ3v) is 8.78. The second-order valence-corrected chi connectivity index (χ2v) is 11.4. The molecule has 4 aliphatic rings. The van der Waals surface area contributed by atoms with Gasteiger partial charge in [-0.1, -0.05) is 6.07 Å². The number of hydrogen-bond acceptors (Lipinski definition) is 5. The van der Waals surface area contributed by atoms with Crippen molar-refractivity contribution >= 4 is 21.8 Å². The minimum atomic E-state index is -4.25. The van der Waals surface area contributed by atoms with Crippen molar-refractivity contribution in [3.63, 3.8) is 0 Å². The molecule has 1 aromatic carbocycles. The van der Waals surface area contributed by atoms with Crippen LogP contribution in [-0.2, 0) is 20.9 Å². The molecule has 3 aliphatic carbocycles. The Bertz CT molecular complexity index is 1120. The predicted octanol–water partition coefficient (Wildman–Crippen LogP) is 3.72. The third kappa shape index (κ3) is 5.24. The molecule has 1 aliphatic heterocycles. The Morgan fingerprint density at radius 3 is 2.31 bits per heavy atom. The Morgan fingerprint density at radius 1 is 1.20 bits per heavy atom. The van der Waals surface area contributed by atoms with Gasteiger partial charge in [-0.15, -0.1) is 0 Å². The number of nitrogens with one attached hydrogen (secondary N) is 2. The molecule has 0 atom stereocenters. The molecule has 35 heavy (non-hydrogen) atoms. The second kappa shape index (κ2) is 8.90. The van der Waals surface area contributed by atoms with Gasteiger partial charge in [0.15, 0.2) is 0 Å². The number of halogens is 4. The highest BCUT2D eigenvalue weighted by Crippen LogP contribution is 2.52. The van der Waals surface area contributed by atoms with E-state index in [1.54, 1.807) is 0 Å². The molecule has 3 saturated carbocycles. The lowest BCUT2D eigenvalue weighted by Gasteiger charge is -2.50. The summed E-state index contributed by atoms with van der Waals surface area (Å²) in [5, 5.41) is 12.4. The number of carbonyl (C=O) groups is 1. The number of fused-ring (bicyclic) bond motifs is 3. The van der Waals surface area contributed by atoms with Crippen LogP contribution < -0.4 is 10.0 Å². The van der Waals surface area contributed by atoms with Gasteiger partial charge in [-0.3, -0.25) is 9.52 Å². The number of ether oxygens (including phenoxy) is 1. The zero-order valence-electron chi connectivity index (χ0n) is 19.0. The molecule has 0 unspecified atom stereocenters. The summed E-state index contributed by atoms with van der Waals surface area (Å²) in [5.41, 5.74) is -1.92. The highest BCUT2D eigenvalue weighted by molar-refractivity contribution is 7.90. The number of nitrogens with zero attached hydrogens (tertiary/aromatic N) is 2. The van der Waals surface area contributed by atoms with Gasteiger partial charge in [-0.25, -0.2) is 8.78 Å². The number of benzene rings is 1. The first-order valence-electron chi connectivity index (χ1n) is 11.2. The third-order valence-electron chi connectivity index (χ3n) is 7.32. The molecule has 2 bridgehead atoms. The van der Waals surface area contributed by atoms with Crippen molar-refractivity contribution in [2.45, 2.75) is 69.6 Å². The summed E-state index contributed by atoms with van der Waals surface area (Å²) in [6, 6.07) is 5.44. The van der Waals surface area contributed by atoms with Crippen LogP contribution in [0, 0.1) is 16.7 Å². The van der Waals surface area contributed by atoms with Gasteiger partial charge in [0.25, 0.3) is 11.8 Å². The topological polar surface area (TPSA) is 112 Å². The number of alkyl halides is 4. The molecular weight excluding hydrogens is 492 g/mol. The van der Waals surface area contributed by atoms with Crippen molar-refractivity contribution in [3.05, 3.63) is 29.3 Å². The quantitative estimate of drug-likeness (QED) is 0.510. The molecular formula is C22H26F4N4O4S. The number of rotatable bonds is 8. The van der Waals surface area contributed by atoms with Gasteiger partial charge in [0.1, 0.15) is 0 Å². The fourth-order valence-corrected chi connectivity index (χ4v) is 6.29. The van der Waals surface area contributed by atoms with Gasteiger partial charge in [0.05, 0.1) is 28.8 Å². The molecule has 0 spiro atoms. The lowest BCUT2D eigenvalue weighted by molar-refractivity contribution is -0.185. The molecule has 0 aromatic heterocycles. The smallest absolute Gasteiger partial charge is 0.345 e. The van der Waals surface area contributed by atoms with Crippen molar-refractivity contribution in [1.82, 2.24) is 9.62 Å². The summed E-state index contributed by atoms with van der Waals surface area (Å²) in [5.74, 6) is -3.98. The van der Waals surface area contributed by atoms with E-state index in [-0.39, 0.29) is 29.8 Å². The molecule has 8 nitrogen and oxygen atoms in total. The van der Waals surface area contributed by atoms with E-state index in [0.29, 0.717) is 45.4 Å². The lowest BCUT2D eigenvalue weighted by atomic mass is 9.58. The van der Waals surface area contributed by atoms with E-state index in [9.17, 15) is 36.0 Å². The van der Waals surface area contributed by atoms with Crippen LogP contribution in [0.5, 0.6) is 0 Å². The summed E-state index contributed by atoms with van der Waals surface area (Å²) < 4.78 is 85.4. The van der Waals surface area contributed by atoms with Gasteiger partial charge >= 0.3 is 16.8 Å². The Morgan fingerprint density at radius 2 is 1.80 bits per heavy atom. The maximum Gasteiger partial charge on any atom is 0.345 e. The molecule has 0 radical (unpaired) electrons. The van der Waals surface area contributed by atoms with Crippen molar-refractivity contribution in [2.24, 2.45) is 5.41 Å². The number of hydrogen-bond donors (Lipinski definition) is 2. The molecule has 1 heterocycles. The maximum absolute atomic E-state index is 14.0. The van der Waals surface area contributed by atoms with Gasteiger partial charge in [-0.2, -0.15) is 26.8 Å². The first kappa shape index (κ1) is 25.7. The van der Waals surface area contributed by atoms with E-state index in [1.165, 1.54) is 0 Å². The normalized spacial score (nSPS) is 27.3. The van der Waals surface area contributed by atoms with Gasteiger partial charge in [-0.05, 0) is 50.7 Å². The average molecular weight is 519 g/mol. The zero-order valence-corrected chi connectivity index (χ0v) is 19.8. The Balaban J connectivity index is 1.55. The van der Waals surface area contributed by atoms with Gasteiger partial charge in [0, 0.05) is 31.1 Å². The van der Waals surface area contributed by atoms with Crippen molar-refractivity contribution in [3.8, 4) is 6.07 Å². The summed E-state index contributed by atoms with van der Waals surface area (Å²) >= 11 is 0. The molecule has 1 amide bonds. The summed E-state index contributed by atoms with van der Waals surface area (Å²) in [6.45, 7) is -2.99. The lowest BCUT2D eigenvalue weighted by Crippen LogP contribution is -2.57. The van der Waals surface area contributed by atoms with Crippen molar-refractivity contribution < 1.29 is 35.5 Å². The number of carbonyl (C=O) groups excluding carboxylic acids is 1. The van der Waals surface area contributed by atoms with Crippen molar-refractivity contribution in [2.75, 3.05) is 17.8 Å². The number of anilines is 1. The highest BCUT2D eigenvalue weighted by atomic mass is 32.2. The first-order valence-corrected chi connectivity index (χ1v) is 12.7.